The zero-order valence-corrected chi connectivity index (χ0v) is 16.2. The van der Waals surface area contributed by atoms with Gasteiger partial charge in [-0.15, -0.1) is 0 Å². The second-order valence-corrected chi connectivity index (χ2v) is 8.39. The van der Waals surface area contributed by atoms with Gasteiger partial charge in [-0.1, -0.05) is 12.1 Å². The predicted octanol–water partition coefficient (Wildman–Crippen LogP) is 3.39. The second-order valence-electron chi connectivity index (χ2n) is 8.39. The number of fused-ring (bicyclic) bond motifs is 1. The zero-order valence-electron chi connectivity index (χ0n) is 16.2. The van der Waals surface area contributed by atoms with E-state index < -0.39 is 23.1 Å². The summed E-state index contributed by atoms with van der Waals surface area (Å²) < 4.78 is 45.1. The number of alkyl halides is 3. The number of nitrogens with two attached hydrogens (primary N) is 1. The minimum absolute atomic E-state index is 0.00370. The van der Waals surface area contributed by atoms with Gasteiger partial charge in [-0.3, -0.25) is 4.99 Å². The summed E-state index contributed by atoms with van der Waals surface area (Å²) in [5.74, 6) is -0.255. The van der Waals surface area contributed by atoms with Gasteiger partial charge in [-0.2, -0.15) is 13.2 Å². The van der Waals surface area contributed by atoms with Crippen LogP contribution in [0.1, 0.15) is 75.8 Å². The minimum atomic E-state index is -4.89. The molecule has 0 amide bonds. The maximum absolute atomic E-state index is 13.3. The lowest BCUT2D eigenvalue weighted by molar-refractivity contribution is -0.261. The summed E-state index contributed by atoms with van der Waals surface area (Å²) in [4.78, 5) is 4.52. The monoisotopic (exact) mass is 401 g/mol. The van der Waals surface area contributed by atoms with E-state index in [1.165, 1.54) is 6.21 Å². The molecule has 1 fully saturated rings. The molecule has 156 valence electrons. The Kier molecular flexibility index (Phi) is 5.12. The third kappa shape index (κ3) is 3.69. The van der Waals surface area contributed by atoms with Crippen LogP contribution in [-0.4, -0.2) is 39.4 Å². The van der Waals surface area contributed by atoms with E-state index in [0.717, 1.165) is 0 Å². The largest absolute Gasteiger partial charge is 0.422 e. The molecule has 3 rings (SSSR count). The van der Waals surface area contributed by atoms with Crippen molar-refractivity contribution in [2.75, 3.05) is 0 Å². The van der Waals surface area contributed by atoms with E-state index >= 15 is 0 Å². The Labute approximate surface area is 161 Å². The van der Waals surface area contributed by atoms with E-state index in [2.05, 4.69) is 10.1 Å². The standard InChI is InChI=1S/C19H26F3N3O3/c1-10-8-13(23)12(9-24-11-4-6-17(2,26)7-5-11)15-14(10)16(25-28-15)18(3,27)19(20,21)22/h9-11,26-27H,4-8,23H2,1-3H3/t10-,11?,17?,18+/m0/s1. The van der Waals surface area contributed by atoms with E-state index in [0.29, 0.717) is 50.3 Å². The summed E-state index contributed by atoms with van der Waals surface area (Å²) in [6.07, 6.45) is -0.358. The van der Waals surface area contributed by atoms with Gasteiger partial charge in [-0.05, 0) is 51.9 Å². The van der Waals surface area contributed by atoms with Gasteiger partial charge in [-0.25, -0.2) is 0 Å². The van der Waals surface area contributed by atoms with Crippen LogP contribution in [0, 0.1) is 0 Å². The van der Waals surface area contributed by atoms with Crippen molar-refractivity contribution in [3.05, 3.63) is 22.7 Å². The molecule has 2 atom stereocenters. The molecule has 0 radical (unpaired) electrons. The highest BCUT2D eigenvalue weighted by molar-refractivity contribution is 6.11. The topological polar surface area (TPSA) is 105 Å². The lowest BCUT2D eigenvalue weighted by Gasteiger charge is -2.31. The van der Waals surface area contributed by atoms with Gasteiger partial charge in [0.25, 0.3) is 0 Å². The van der Waals surface area contributed by atoms with Crippen molar-refractivity contribution in [1.29, 1.82) is 0 Å². The third-order valence-electron chi connectivity index (χ3n) is 5.80. The van der Waals surface area contributed by atoms with Gasteiger partial charge in [0.1, 0.15) is 5.69 Å². The highest BCUT2D eigenvalue weighted by Gasteiger charge is 2.55. The quantitative estimate of drug-likeness (QED) is 0.674. The fourth-order valence-electron chi connectivity index (χ4n) is 3.82. The van der Waals surface area contributed by atoms with Crippen LogP contribution in [0.4, 0.5) is 13.2 Å². The van der Waals surface area contributed by atoms with Crippen molar-refractivity contribution in [3.8, 4) is 0 Å². The number of hydrogen-bond acceptors (Lipinski definition) is 6. The molecule has 0 spiro atoms. The van der Waals surface area contributed by atoms with E-state index in [1.54, 1.807) is 13.8 Å². The van der Waals surface area contributed by atoms with Crippen LogP contribution < -0.4 is 5.73 Å². The SMILES string of the molecule is C[C@H]1CC(N)=C(C=NC2CCC(C)(O)CC2)c2onc([C@@](C)(O)C(F)(F)F)c21. The number of aliphatic imine (C=N–C) groups is 1. The van der Waals surface area contributed by atoms with Gasteiger partial charge in [0.05, 0.1) is 17.2 Å². The van der Waals surface area contributed by atoms with Crippen molar-refractivity contribution in [2.24, 2.45) is 10.7 Å². The fraction of sp³-hybridized carbons (Fsp3) is 0.684. The molecule has 28 heavy (non-hydrogen) atoms. The predicted molar refractivity (Wildman–Crippen MR) is 97.6 cm³/mol. The summed E-state index contributed by atoms with van der Waals surface area (Å²) in [6.45, 7) is 4.18. The Morgan fingerprint density at radius 3 is 2.50 bits per heavy atom. The molecule has 1 aromatic heterocycles. The van der Waals surface area contributed by atoms with E-state index in [9.17, 15) is 23.4 Å². The van der Waals surface area contributed by atoms with Crippen LogP contribution in [0.15, 0.2) is 15.2 Å². The number of aromatic nitrogens is 1. The average molecular weight is 401 g/mol. The number of allylic oxidation sites excluding steroid dienone is 2. The molecule has 0 aliphatic heterocycles. The highest BCUT2D eigenvalue weighted by Crippen LogP contribution is 2.46. The maximum atomic E-state index is 13.3. The van der Waals surface area contributed by atoms with E-state index in [4.69, 9.17) is 10.3 Å². The normalized spacial score (nSPS) is 31.1. The van der Waals surface area contributed by atoms with Crippen LogP contribution in [-0.2, 0) is 5.60 Å². The molecule has 0 aromatic carbocycles. The summed E-state index contributed by atoms with van der Waals surface area (Å²) in [5, 5.41) is 23.7. The summed E-state index contributed by atoms with van der Waals surface area (Å²) in [7, 11) is 0. The van der Waals surface area contributed by atoms with Crippen molar-refractivity contribution in [3.63, 3.8) is 0 Å². The minimum Gasteiger partial charge on any atom is -0.401 e. The number of nitrogens with zero attached hydrogens (tertiary/aromatic N) is 2. The molecule has 0 bridgehead atoms. The summed E-state index contributed by atoms with van der Waals surface area (Å²) in [6, 6.07) is 0.00370. The second kappa shape index (κ2) is 6.88. The van der Waals surface area contributed by atoms with Crippen LogP contribution in [0.5, 0.6) is 0 Å². The molecule has 2 aliphatic carbocycles. The van der Waals surface area contributed by atoms with E-state index in [1.807, 2.05) is 0 Å². The number of rotatable bonds is 3. The number of halogens is 3. The van der Waals surface area contributed by atoms with Crippen molar-refractivity contribution < 1.29 is 27.9 Å². The Bertz CT molecular complexity index is 799. The Morgan fingerprint density at radius 1 is 1.32 bits per heavy atom. The molecule has 2 aliphatic rings. The average Bonchev–Trinajstić information content (AvgIpc) is 3.01. The van der Waals surface area contributed by atoms with Gasteiger partial charge >= 0.3 is 6.18 Å². The number of aliphatic hydroxyl groups is 2. The third-order valence-corrected chi connectivity index (χ3v) is 5.80. The first-order chi connectivity index (χ1) is 12.8. The van der Waals surface area contributed by atoms with Crippen LogP contribution in [0.25, 0.3) is 5.57 Å². The molecule has 9 heteroatoms. The van der Waals surface area contributed by atoms with Crippen molar-refractivity contribution in [1.82, 2.24) is 5.16 Å². The van der Waals surface area contributed by atoms with Crippen LogP contribution in [0.2, 0.25) is 0 Å². The summed E-state index contributed by atoms with van der Waals surface area (Å²) >= 11 is 0. The zero-order chi connectivity index (χ0) is 20.9. The van der Waals surface area contributed by atoms with Gasteiger partial charge in [0.15, 0.2) is 5.76 Å². The lowest BCUT2D eigenvalue weighted by atomic mass is 9.82. The van der Waals surface area contributed by atoms with Crippen LogP contribution >= 0.6 is 0 Å². The van der Waals surface area contributed by atoms with Gasteiger partial charge in [0.2, 0.25) is 5.60 Å². The molecule has 0 saturated heterocycles. The molecular weight excluding hydrogens is 375 g/mol. The number of hydrogen-bond donors (Lipinski definition) is 3. The lowest BCUT2D eigenvalue weighted by Crippen LogP contribution is -2.40. The Balaban J connectivity index is 1.92. The Hall–Kier alpha value is -1.87. The molecular formula is C19H26F3N3O3. The summed E-state index contributed by atoms with van der Waals surface area (Å²) in [5.41, 5.74) is 2.86. The molecule has 1 saturated carbocycles. The van der Waals surface area contributed by atoms with Gasteiger partial charge < -0.3 is 20.5 Å². The molecule has 0 unspecified atom stereocenters. The van der Waals surface area contributed by atoms with E-state index in [-0.39, 0.29) is 23.3 Å². The first-order valence-electron chi connectivity index (χ1n) is 9.37. The van der Waals surface area contributed by atoms with Crippen LogP contribution in [0.3, 0.4) is 0 Å². The first kappa shape index (κ1) is 20.9. The van der Waals surface area contributed by atoms with Crippen molar-refractivity contribution >= 4 is 11.8 Å². The smallest absolute Gasteiger partial charge is 0.401 e. The Morgan fingerprint density at radius 2 is 1.93 bits per heavy atom. The molecule has 1 aromatic rings. The first-order valence-corrected chi connectivity index (χ1v) is 9.37. The van der Waals surface area contributed by atoms with Crippen molar-refractivity contribution in [2.45, 2.75) is 82.2 Å². The fourth-order valence-corrected chi connectivity index (χ4v) is 3.82. The highest BCUT2D eigenvalue weighted by atomic mass is 19.4. The van der Waals surface area contributed by atoms with Gasteiger partial charge in [0, 0.05) is 17.5 Å². The molecule has 6 nitrogen and oxygen atoms in total. The molecule has 1 heterocycles. The maximum Gasteiger partial charge on any atom is 0.422 e. The molecule has 4 N–H and O–H groups in total.